The molecule has 0 N–H and O–H groups in total. The first-order valence-corrected chi connectivity index (χ1v) is 7.35. The number of hydrogen-bond donors (Lipinski definition) is 0. The Morgan fingerprint density at radius 1 is 1.26 bits per heavy atom. The summed E-state index contributed by atoms with van der Waals surface area (Å²) in [6.45, 7) is 2.30. The standard InChI is InChI=1S/C14H17BrN4/c1-18-5-2-13(3-6-18)19-7-4-17-14(19)11-8-12(15)10-16-9-11/h4,7-10,13H,2-3,5-6H2,1H3. The Bertz CT molecular complexity index is 558. The maximum atomic E-state index is 4.51. The number of aromatic nitrogens is 3. The second kappa shape index (κ2) is 5.43. The molecule has 19 heavy (non-hydrogen) atoms. The number of imidazole rings is 1. The van der Waals surface area contributed by atoms with Crippen LogP contribution in [0.15, 0.2) is 35.3 Å². The normalized spacial score (nSPS) is 17.8. The highest BCUT2D eigenvalue weighted by molar-refractivity contribution is 9.10. The van der Waals surface area contributed by atoms with Crippen molar-refractivity contribution in [1.82, 2.24) is 19.4 Å². The van der Waals surface area contributed by atoms with Crippen molar-refractivity contribution in [2.75, 3.05) is 20.1 Å². The molecule has 0 radical (unpaired) electrons. The molecule has 0 saturated carbocycles. The summed E-state index contributed by atoms with van der Waals surface area (Å²) in [7, 11) is 2.18. The molecule has 0 bridgehead atoms. The summed E-state index contributed by atoms with van der Waals surface area (Å²) in [5.41, 5.74) is 1.07. The van der Waals surface area contributed by atoms with E-state index in [1.165, 1.54) is 12.8 Å². The molecule has 2 aromatic heterocycles. The summed E-state index contributed by atoms with van der Waals surface area (Å²) < 4.78 is 3.29. The molecule has 0 aliphatic carbocycles. The zero-order valence-corrected chi connectivity index (χ0v) is 12.5. The van der Waals surface area contributed by atoms with Crippen molar-refractivity contribution in [3.05, 3.63) is 35.3 Å². The van der Waals surface area contributed by atoms with E-state index >= 15 is 0 Å². The number of likely N-dealkylation sites (tertiary alicyclic amines) is 1. The van der Waals surface area contributed by atoms with Crippen LogP contribution in [-0.4, -0.2) is 39.6 Å². The van der Waals surface area contributed by atoms with Crippen LogP contribution in [0, 0.1) is 0 Å². The predicted octanol–water partition coefficient (Wildman–Crippen LogP) is 2.97. The summed E-state index contributed by atoms with van der Waals surface area (Å²) in [5.74, 6) is 1.02. The minimum Gasteiger partial charge on any atom is -0.328 e. The van der Waals surface area contributed by atoms with Gasteiger partial charge < -0.3 is 9.47 Å². The van der Waals surface area contributed by atoms with E-state index in [2.05, 4.69) is 54.7 Å². The second-order valence-corrected chi connectivity index (χ2v) is 6.00. The number of halogens is 1. The number of nitrogens with zero attached hydrogens (tertiary/aromatic N) is 4. The van der Waals surface area contributed by atoms with Crippen LogP contribution < -0.4 is 0 Å². The van der Waals surface area contributed by atoms with Gasteiger partial charge in [0, 0.05) is 40.9 Å². The van der Waals surface area contributed by atoms with Gasteiger partial charge in [-0.3, -0.25) is 4.98 Å². The second-order valence-electron chi connectivity index (χ2n) is 5.08. The van der Waals surface area contributed by atoms with Crippen LogP contribution in [0.5, 0.6) is 0 Å². The lowest BCUT2D eigenvalue weighted by molar-refractivity contribution is 0.222. The van der Waals surface area contributed by atoms with Gasteiger partial charge in [-0.05, 0) is 55.0 Å². The number of pyridine rings is 1. The molecule has 3 rings (SSSR count). The number of hydrogen-bond acceptors (Lipinski definition) is 3. The van der Waals surface area contributed by atoms with E-state index in [9.17, 15) is 0 Å². The van der Waals surface area contributed by atoms with Crippen LogP contribution in [0.3, 0.4) is 0 Å². The van der Waals surface area contributed by atoms with E-state index in [1.807, 2.05) is 12.4 Å². The minimum atomic E-state index is 0.549. The highest BCUT2D eigenvalue weighted by Gasteiger charge is 2.20. The Balaban J connectivity index is 1.90. The third-order valence-corrected chi connectivity index (χ3v) is 4.15. The summed E-state index contributed by atoms with van der Waals surface area (Å²) >= 11 is 3.47. The van der Waals surface area contributed by atoms with Gasteiger partial charge in [0.1, 0.15) is 5.82 Å². The van der Waals surface area contributed by atoms with Crippen LogP contribution in [0.4, 0.5) is 0 Å². The van der Waals surface area contributed by atoms with Gasteiger partial charge in [0.2, 0.25) is 0 Å². The molecule has 1 fully saturated rings. The van der Waals surface area contributed by atoms with E-state index in [0.717, 1.165) is 29.0 Å². The van der Waals surface area contributed by atoms with Crippen LogP contribution in [0.25, 0.3) is 11.4 Å². The van der Waals surface area contributed by atoms with Crippen LogP contribution in [0.2, 0.25) is 0 Å². The largest absolute Gasteiger partial charge is 0.328 e. The average Bonchev–Trinajstić information content (AvgIpc) is 2.89. The van der Waals surface area contributed by atoms with Gasteiger partial charge in [-0.25, -0.2) is 4.98 Å². The van der Waals surface area contributed by atoms with Crippen molar-refractivity contribution >= 4 is 15.9 Å². The molecular weight excluding hydrogens is 304 g/mol. The Morgan fingerprint density at radius 2 is 2.05 bits per heavy atom. The molecule has 0 amide bonds. The van der Waals surface area contributed by atoms with Crippen molar-refractivity contribution in [1.29, 1.82) is 0 Å². The van der Waals surface area contributed by atoms with E-state index < -0.39 is 0 Å². The molecule has 4 nitrogen and oxygen atoms in total. The molecule has 1 aliphatic rings. The summed E-state index contributed by atoms with van der Waals surface area (Å²) in [4.78, 5) is 11.1. The zero-order chi connectivity index (χ0) is 13.2. The lowest BCUT2D eigenvalue weighted by atomic mass is 10.0. The maximum absolute atomic E-state index is 4.51. The fourth-order valence-electron chi connectivity index (χ4n) is 2.64. The zero-order valence-electron chi connectivity index (χ0n) is 11.0. The van der Waals surface area contributed by atoms with Crippen molar-refractivity contribution in [3.63, 3.8) is 0 Å². The molecule has 1 aliphatic heterocycles. The van der Waals surface area contributed by atoms with E-state index in [-0.39, 0.29) is 0 Å². The first-order chi connectivity index (χ1) is 9.24. The Hall–Kier alpha value is -1.20. The number of piperidine rings is 1. The Kier molecular flexibility index (Phi) is 3.66. The van der Waals surface area contributed by atoms with Crippen molar-refractivity contribution in [3.8, 4) is 11.4 Å². The van der Waals surface area contributed by atoms with Gasteiger partial charge in [0.15, 0.2) is 0 Å². The fraction of sp³-hybridized carbons (Fsp3) is 0.429. The van der Waals surface area contributed by atoms with Crippen molar-refractivity contribution in [2.24, 2.45) is 0 Å². The molecule has 2 aromatic rings. The first kappa shape index (κ1) is 12.8. The van der Waals surface area contributed by atoms with Gasteiger partial charge in [-0.1, -0.05) is 0 Å². The molecule has 5 heteroatoms. The fourth-order valence-corrected chi connectivity index (χ4v) is 3.00. The molecule has 0 unspecified atom stereocenters. The summed E-state index contributed by atoms with van der Waals surface area (Å²) in [6.07, 6.45) is 10.0. The van der Waals surface area contributed by atoms with Crippen LogP contribution in [-0.2, 0) is 0 Å². The first-order valence-electron chi connectivity index (χ1n) is 6.56. The lowest BCUT2D eigenvalue weighted by Gasteiger charge is -2.30. The maximum Gasteiger partial charge on any atom is 0.141 e. The molecule has 100 valence electrons. The quantitative estimate of drug-likeness (QED) is 0.853. The molecule has 0 atom stereocenters. The van der Waals surface area contributed by atoms with Crippen LogP contribution >= 0.6 is 15.9 Å². The topological polar surface area (TPSA) is 34.0 Å². The highest BCUT2D eigenvalue weighted by Crippen LogP contribution is 2.28. The molecule has 0 spiro atoms. The SMILES string of the molecule is CN1CCC(n2ccnc2-c2cncc(Br)c2)CC1. The molecule has 1 saturated heterocycles. The monoisotopic (exact) mass is 320 g/mol. The third-order valence-electron chi connectivity index (χ3n) is 3.71. The van der Waals surface area contributed by atoms with E-state index in [1.54, 1.807) is 6.20 Å². The molecule has 3 heterocycles. The van der Waals surface area contributed by atoms with Crippen molar-refractivity contribution < 1.29 is 0 Å². The molecular formula is C14H17BrN4. The lowest BCUT2D eigenvalue weighted by Crippen LogP contribution is -2.31. The summed E-state index contributed by atoms with van der Waals surface area (Å²) in [5, 5.41) is 0. The van der Waals surface area contributed by atoms with Gasteiger partial charge in [-0.15, -0.1) is 0 Å². The van der Waals surface area contributed by atoms with Gasteiger partial charge in [0.25, 0.3) is 0 Å². The van der Waals surface area contributed by atoms with Crippen molar-refractivity contribution in [2.45, 2.75) is 18.9 Å². The predicted molar refractivity (Wildman–Crippen MR) is 78.9 cm³/mol. The number of rotatable bonds is 2. The van der Waals surface area contributed by atoms with Gasteiger partial charge in [-0.2, -0.15) is 0 Å². The van der Waals surface area contributed by atoms with E-state index in [4.69, 9.17) is 0 Å². The third kappa shape index (κ3) is 2.72. The van der Waals surface area contributed by atoms with E-state index in [0.29, 0.717) is 6.04 Å². The minimum absolute atomic E-state index is 0.549. The smallest absolute Gasteiger partial charge is 0.141 e. The summed E-state index contributed by atoms with van der Waals surface area (Å²) in [6, 6.07) is 2.62. The van der Waals surface area contributed by atoms with Crippen LogP contribution in [0.1, 0.15) is 18.9 Å². The van der Waals surface area contributed by atoms with Gasteiger partial charge in [0.05, 0.1) is 0 Å². The molecule has 0 aromatic carbocycles. The highest BCUT2D eigenvalue weighted by atomic mass is 79.9. The Morgan fingerprint density at radius 3 is 2.79 bits per heavy atom. The Labute approximate surface area is 121 Å². The van der Waals surface area contributed by atoms with Gasteiger partial charge >= 0.3 is 0 Å². The average molecular weight is 321 g/mol.